The molecular weight excluding hydrogens is 246 g/mol. The maximum Gasteiger partial charge on any atom is 0.324 e. The van der Waals surface area contributed by atoms with Crippen LogP contribution in [0.15, 0.2) is 23.8 Å². The van der Waals surface area contributed by atoms with Crippen LogP contribution in [0.4, 0.5) is 5.00 Å². The lowest BCUT2D eigenvalue weighted by Gasteiger charge is -1.98. The van der Waals surface area contributed by atoms with Crippen molar-refractivity contribution in [2.75, 3.05) is 0 Å². The van der Waals surface area contributed by atoms with Gasteiger partial charge in [-0.1, -0.05) is 11.3 Å². The van der Waals surface area contributed by atoms with Gasteiger partial charge in [0.25, 0.3) is 0 Å². The van der Waals surface area contributed by atoms with E-state index in [2.05, 4.69) is 10.3 Å². The molecule has 2 rings (SSSR count). The molecule has 7 heteroatoms. The molecule has 2 aromatic heterocycles. The molecule has 1 N–H and O–H groups in total. The van der Waals surface area contributed by atoms with Crippen molar-refractivity contribution in [1.82, 2.24) is 10.3 Å². The third-order valence-electron chi connectivity index (χ3n) is 1.91. The minimum absolute atomic E-state index is 0.189. The summed E-state index contributed by atoms with van der Waals surface area (Å²) < 4.78 is 0. The summed E-state index contributed by atoms with van der Waals surface area (Å²) in [5, 5.41) is 13.9. The summed E-state index contributed by atoms with van der Waals surface area (Å²) >= 11 is 2.79. The van der Waals surface area contributed by atoms with Crippen molar-refractivity contribution < 1.29 is 4.92 Å². The third kappa shape index (κ3) is 2.84. The number of thiazole rings is 1. The van der Waals surface area contributed by atoms with Crippen molar-refractivity contribution in [3.05, 3.63) is 43.7 Å². The zero-order valence-electron chi connectivity index (χ0n) is 8.25. The first-order chi connectivity index (χ1) is 7.75. The number of thiophene rings is 1. The average Bonchev–Trinajstić information content (AvgIpc) is 2.87. The van der Waals surface area contributed by atoms with Crippen molar-refractivity contribution >= 4 is 27.7 Å². The number of hydrogen-bond donors (Lipinski definition) is 1. The topological polar surface area (TPSA) is 68.1 Å². The molecule has 0 spiro atoms. The Bertz CT molecular complexity index is 467. The van der Waals surface area contributed by atoms with E-state index in [-0.39, 0.29) is 9.92 Å². The van der Waals surface area contributed by atoms with E-state index in [0.29, 0.717) is 6.54 Å². The second-order valence-electron chi connectivity index (χ2n) is 3.07. The molecule has 0 aliphatic carbocycles. The van der Waals surface area contributed by atoms with Crippen molar-refractivity contribution in [2.24, 2.45) is 0 Å². The van der Waals surface area contributed by atoms with Gasteiger partial charge in [0.05, 0.1) is 10.4 Å². The Morgan fingerprint density at radius 2 is 2.19 bits per heavy atom. The number of hydrogen-bond acceptors (Lipinski definition) is 6. The normalized spacial score (nSPS) is 10.5. The summed E-state index contributed by atoms with van der Waals surface area (Å²) in [4.78, 5) is 16.2. The minimum atomic E-state index is -0.364. The Morgan fingerprint density at radius 1 is 1.38 bits per heavy atom. The first-order valence-electron chi connectivity index (χ1n) is 4.57. The Kier molecular flexibility index (Phi) is 3.60. The molecule has 0 unspecified atom stereocenters. The van der Waals surface area contributed by atoms with Crippen molar-refractivity contribution in [1.29, 1.82) is 0 Å². The third-order valence-corrected chi connectivity index (χ3v) is 3.73. The number of nitrogens with one attached hydrogen (secondary N) is 1. The quantitative estimate of drug-likeness (QED) is 0.658. The van der Waals surface area contributed by atoms with Crippen LogP contribution in [-0.4, -0.2) is 9.91 Å². The highest BCUT2D eigenvalue weighted by atomic mass is 32.1. The Hall–Kier alpha value is -1.31. The van der Waals surface area contributed by atoms with Gasteiger partial charge in [0.2, 0.25) is 0 Å². The van der Waals surface area contributed by atoms with E-state index in [1.54, 1.807) is 22.9 Å². The predicted molar refractivity (Wildman–Crippen MR) is 63.6 cm³/mol. The van der Waals surface area contributed by atoms with Gasteiger partial charge in [0.1, 0.15) is 0 Å². The maximum atomic E-state index is 10.5. The molecule has 16 heavy (non-hydrogen) atoms. The number of aromatic nitrogens is 1. The van der Waals surface area contributed by atoms with Gasteiger partial charge in [-0.2, -0.15) is 0 Å². The number of nitrogens with zero attached hydrogens (tertiary/aromatic N) is 2. The van der Waals surface area contributed by atoms with Crippen LogP contribution >= 0.6 is 22.7 Å². The molecule has 5 nitrogen and oxygen atoms in total. The highest BCUT2D eigenvalue weighted by Crippen LogP contribution is 2.23. The molecule has 0 saturated carbocycles. The zero-order valence-corrected chi connectivity index (χ0v) is 9.88. The van der Waals surface area contributed by atoms with Crippen LogP contribution in [-0.2, 0) is 13.1 Å². The summed E-state index contributed by atoms with van der Waals surface area (Å²) in [5.41, 5.74) is 1.78. The van der Waals surface area contributed by atoms with Crippen molar-refractivity contribution in [3.8, 4) is 0 Å². The summed E-state index contributed by atoms with van der Waals surface area (Å²) in [5.74, 6) is 0. The second-order valence-corrected chi connectivity index (χ2v) is 5.19. The van der Waals surface area contributed by atoms with Gasteiger partial charge in [-0.25, -0.2) is 0 Å². The zero-order chi connectivity index (χ0) is 11.4. The van der Waals surface area contributed by atoms with Crippen LogP contribution in [0.2, 0.25) is 0 Å². The van der Waals surface area contributed by atoms with Crippen LogP contribution in [0.25, 0.3) is 0 Å². The van der Waals surface area contributed by atoms with Gasteiger partial charge in [0, 0.05) is 35.1 Å². The molecule has 2 aromatic rings. The van der Waals surface area contributed by atoms with Gasteiger partial charge in [-0.05, 0) is 6.07 Å². The lowest BCUT2D eigenvalue weighted by Crippen LogP contribution is -2.10. The standard InChI is InChI=1S/C9H9N3O2S2/c13-12(14)9-2-1-7(16-9)3-10-4-8-5-11-6-15-8/h1-2,5-6,10H,3-4H2. The largest absolute Gasteiger partial charge is 0.324 e. The average molecular weight is 255 g/mol. The van der Waals surface area contributed by atoms with E-state index >= 15 is 0 Å². The lowest BCUT2D eigenvalue weighted by molar-refractivity contribution is -0.380. The van der Waals surface area contributed by atoms with E-state index in [4.69, 9.17) is 0 Å². The number of rotatable bonds is 5. The highest BCUT2D eigenvalue weighted by molar-refractivity contribution is 7.15. The summed E-state index contributed by atoms with van der Waals surface area (Å²) in [7, 11) is 0. The maximum absolute atomic E-state index is 10.5. The monoisotopic (exact) mass is 255 g/mol. The van der Waals surface area contributed by atoms with E-state index in [9.17, 15) is 10.1 Å². The molecule has 0 fully saturated rings. The number of nitro groups is 1. The second kappa shape index (κ2) is 5.15. The van der Waals surface area contributed by atoms with Crippen LogP contribution < -0.4 is 5.32 Å². The Balaban J connectivity index is 1.83. The molecule has 0 aliphatic rings. The van der Waals surface area contributed by atoms with Crippen LogP contribution in [0.3, 0.4) is 0 Å². The molecule has 0 amide bonds. The first-order valence-corrected chi connectivity index (χ1v) is 6.26. The SMILES string of the molecule is O=[N+]([O-])c1ccc(CNCc2cncs2)s1. The van der Waals surface area contributed by atoms with Crippen LogP contribution in [0.1, 0.15) is 9.75 Å². The summed E-state index contributed by atoms with van der Waals surface area (Å²) in [6.07, 6.45) is 1.81. The molecule has 0 aromatic carbocycles. The van der Waals surface area contributed by atoms with Crippen LogP contribution in [0.5, 0.6) is 0 Å². The molecule has 0 bridgehead atoms. The van der Waals surface area contributed by atoms with E-state index in [1.807, 2.05) is 6.20 Å². The van der Waals surface area contributed by atoms with E-state index in [0.717, 1.165) is 16.3 Å². The minimum Gasteiger partial charge on any atom is -0.307 e. The summed E-state index contributed by atoms with van der Waals surface area (Å²) in [6.45, 7) is 1.40. The van der Waals surface area contributed by atoms with Crippen molar-refractivity contribution in [2.45, 2.75) is 13.1 Å². The molecule has 0 atom stereocenters. The van der Waals surface area contributed by atoms with Gasteiger partial charge in [-0.3, -0.25) is 15.1 Å². The van der Waals surface area contributed by atoms with Gasteiger partial charge in [-0.15, -0.1) is 11.3 Å². The Morgan fingerprint density at radius 3 is 2.81 bits per heavy atom. The molecule has 84 valence electrons. The van der Waals surface area contributed by atoms with Gasteiger partial charge in [0.15, 0.2) is 0 Å². The van der Waals surface area contributed by atoms with E-state index in [1.165, 1.54) is 17.4 Å². The molecular formula is C9H9N3O2S2. The fourth-order valence-electron chi connectivity index (χ4n) is 1.20. The molecule has 0 saturated heterocycles. The van der Waals surface area contributed by atoms with Gasteiger partial charge < -0.3 is 5.32 Å². The smallest absolute Gasteiger partial charge is 0.307 e. The Labute approximate surface area is 99.9 Å². The van der Waals surface area contributed by atoms with Crippen molar-refractivity contribution in [3.63, 3.8) is 0 Å². The highest BCUT2D eigenvalue weighted by Gasteiger charge is 2.08. The lowest BCUT2D eigenvalue weighted by atomic mass is 10.4. The predicted octanol–water partition coefficient (Wildman–Crippen LogP) is 2.40. The molecule has 2 heterocycles. The van der Waals surface area contributed by atoms with Gasteiger partial charge >= 0.3 is 5.00 Å². The molecule has 0 radical (unpaired) electrons. The van der Waals surface area contributed by atoms with E-state index < -0.39 is 0 Å². The van der Waals surface area contributed by atoms with Crippen LogP contribution in [0, 0.1) is 10.1 Å². The fourth-order valence-corrected chi connectivity index (χ4v) is 2.55. The molecule has 0 aliphatic heterocycles. The fraction of sp³-hybridized carbons (Fsp3) is 0.222. The summed E-state index contributed by atoms with van der Waals surface area (Å²) in [6, 6.07) is 3.32. The first kappa shape index (κ1) is 11.2.